The number of carbonyl (C=O) groups excluding carboxylic acids is 1. The smallest absolute Gasteiger partial charge is 0.253 e. The average molecular weight is 249 g/mol. The van der Waals surface area contributed by atoms with Gasteiger partial charge in [-0.3, -0.25) is 4.79 Å². The van der Waals surface area contributed by atoms with Crippen LogP contribution in [0.25, 0.3) is 0 Å². The van der Waals surface area contributed by atoms with Crippen LogP contribution in [0.3, 0.4) is 0 Å². The second-order valence-electron chi connectivity index (χ2n) is 5.05. The number of nitrogens with zero attached hydrogens (tertiary/aromatic N) is 1. The van der Waals surface area contributed by atoms with Crippen molar-refractivity contribution in [3.63, 3.8) is 0 Å². The van der Waals surface area contributed by atoms with Crippen LogP contribution in [0.1, 0.15) is 23.7 Å². The van der Waals surface area contributed by atoms with E-state index in [2.05, 4.69) is 6.92 Å². The molecule has 0 saturated heterocycles. The summed E-state index contributed by atoms with van der Waals surface area (Å²) in [5, 5.41) is 9.66. The van der Waals surface area contributed by atoms with Gasteiger partial charge in [0.15, 0.2) is 11.5 Å². The molecule has 1 aliphatic rings. The van der Waals surface area contributed by atoms with Gasteiger partial charge in [-0.25, -0.2) is 0 Å². The first-order valence-electron chi connectivity index (χ1n) is 6.15. The Bertz CT molecular complexity index is 458. The van der Waals surface area contributed by atoms with Gasteiger partial charge in [0.05, 0.1) is 7.11 Å². The van der Waals surface area contributed by atoms with Crippen LogP contribution >= 0.6 is 0 Å². The van der Waals surface area contributed by atoms with Gasteiger partial charge < -0.3 is 14.7 Å². The molecule has 0 aromatic heterocycles. The van der Waals surface area contributed by atoms with Crippen molar-refractivity contribution in [2.45, 2.75) is 13.3 Å². The molecule has 4 nitrogen and oxygen atoms in total. The summed E-state index contributed by atoms with van der Waals surface area (Å²) in [5.41, 5.74) is 0.490. The molecule has 2 unspecified atom stereocenters. The van der Waals surface area contributed by atoms with Crippen molar-refractivity contribution in [2.24, 2.45) is 11.8 Å². The highest BCUT2D eigenvalue weighted by molar-refractivity contribution is 5.94. The van der Waals surface area contributed by atoms with E-state index in [4.69, 9.17) is 4.74 Å². The van der Waals surface area contributed by atoms with Crippen LogP contribution in [0.5, 0.6) is 11.5 Å². The molecule has 1 fully saturated rings. The number of methoxy groups -OCH3 is 1. The first-order chi connectivity index (χ1) is 8.52. The van der Waals surface area contributed by atoms with Crippen LogP contribution in [-0.4, -0.2) is 36.6 Å². The van der Waals surface area contributed by atoms with E-state index in [9.17, 15) is 9.90 Å². The lowest BCUT2D eigenvalue weighted by Crippen LogP contribution is -2.29. The fourth-order valence-corrected chi connectivity index (χ4v) is 2.13. The molecule has 2 rings (SSSR count). The largest absolute Gasteiger partial charge is 0.504 e. The fraction of sp³-hybridized carbons (Fsp3) is 0.500. The molecule has 1 aromatic carbocycles. The first kappa shape index (κ1) is 12.7. The Morgan fingerprint density at radius 2 is 2.22 bits per heavy atom. The highest BCUT2D eigenvalue weighted by Gasteiger charge is 2.34. The van der Waals surface area contributed by atoms with Crippen LogP contribution in [0.15, 0.2) is 18.2 Å². The molecule has 1 N–H and O–H groups in total. The van der Waals surface area contributed by atoms with Gasteiger partial charge in [-0.15, -0.1) is 0 Å². The summed E-state index contributed by atoms with van der Waals surface area (Å²) in [6.07, 6.45) is 1.20. The lowest BCUT2D eigenvalue weighted by Gasteiger charge is -2.17. The Hall–Kier alpha value is -1.71. The van der Waals surface area contributed by atoms with Crippen molar-refractivity contribution in [2.75, 3.05) is 20.7 Å². The van der Waals surface area contributed by atoms with Crippen molar-refractivity contribution in [3.8, 4) is 11.5 Å². The minimum Gasteiger partial charge on any atom is -0.504 e. The molecular formula is C14H19NO3. The maximum atomic E-state index is 12.1. The molecular weight excluding hydrogens is 230 g/mol. The summed E-state index contributed by atoms with van der Waals surface area (Å²) in [4.78, 5) is 13.9. The molecule has 1 aliphatic carbocycles. The van der Waals surface area contributed by atoms with E-state index >= 15 is 0 Å². The van der Waals surface area contributed by atoms with Crippen molar-refractivity contribution in [1.82, 2.24) is 4.90 Å². The molecule has 2 atom stereocenters. The minimum atomic E-state index is -0.0629. The summed E-state index contributed by atoms with van der Waals surface area (Å²) < 4.78 is 4.95. The van der Waals surface area contributed by atoms with Gasteiger partial charge in [-0.05, 0) is 36.5 Å². The lowest BCUT2D eigenvalue weighted by molar-refractivity contribution is 0.0786. The van der Waals surface area contributed by atoms with Gasteiger partial charge in [-0.2, -0.15) is 0 Å². The monoisotopic (exact) mass is 249 g/mol. The van der Waals surface area contributed by atoms with Gasteiger partial charge >= 0.3 is 0 Å². The number of hydrogen-bond acceptors (Lipinski definition) is 3. The highest BCUT2D eigenvalue weighted by Crippen LogP contribution is 2.38. The molecule has 0 aliphatic heterocycles. The Morgan fingerprint density at radius 1 is 1.56 bits per heavy atom. The number of ether oxygens (including phenoxy) is 1. The first-order valence-corrected chi connectivity index (χ1v) is 6.15. The lowest BCUT2D eigenvalue weighted by atomic mass is 10.1. The zero-order valence-electron chi connectivity index (χ0n) is 11.0. The third-order valence-corrected chi connectivity index (χ3v) is 3.56. The maximum Gasteiger partial charge on any atom is 0.253 e. The number of phenols is 1. The Kier molecular flexibility index (Phi) is 3.45. The number of amides is 1. The van der Waals surface area contributed by atoms with Crippen LogP contribution < -0.4 is 4.74 Å². The summed E-state index contributed by atoms with van der Waals surface area (Å²) in [5.74, 6) is 1.67. The predicted octanol–water partition coefficient (Wildman–Crippen LogP) is 2.13. The molecule has 0 bridgehead atoms. The molecule has 1 amide bonds. The molecule has 0 heterocycles. The summed E-state index contributed by atoms with van der Waals surface area (Å²) in [6.45, 7) is 2.98. The third kappa shape index (κ3) is 2.58. The van der Waals surface area contributed by atoms with Crippen molar-refractivity contribution >= 4 is 5.91 Å². The molecule has 0 spiro atoms. The van der Waals surface area contributed by atoms with Crippen LogP contribution in [0, 0.1) is 11.8 Å². The zero-order valence-corrected chi connectivity index (χ0v) is 11.0. The minimum absolute atomic E-state index is 0.00320. The normalized spacial score (nSPS) is 21.5. The Labute approximate surface area is 107 Å². The van der Waals surface area contributed by atoms with E-state index in [1.807, 2.05) is 0 Å². The number of carbonyl (C=O) groups is 1. The van der Waals surface area contributed by atoms with E-state index < -0.39 is 0 Å². The quantitative estimate of drug-likeness (QED) is 0.889. The van der Waals surface area contributed by atoms with Gasteiger partial charge in [-0.1, -0.05) is 6.92 Å². The molecule has 1 saturated carbocycles. The molecule has 0 radical (unpaired) electrons. The average Bonchev–Trinajstić information content (AvgIpc) is 3.03. The maximum absolute atomic E-state index is 12.1. The van der Waals surface area contributed by atoms with Crippen LogP contribution in [-0.2, 0) is 0 Å². The number of aromatic hydroxyl groups is 1. The van der Waals surface area contributed by atoms with Gasteiger partial charge in [0.2, 0.25) is 0 Å². The summed E-state index contributed by atoms with van der Waals surface area (Å²) in [6, 6.07) is 4.73. The Morgan fingerprint density at radius 3 is 2.72 bits per heavy atom. The van der Waals surface area contributed by atoms with E-state index in [1.165, 1.54) is 19.6 Å². The standard InChI is InChI=1S/C14H19NO3/c1-9-6-11(9)8-15(2)14(17)10-4-5-13(18-3)12(16)7-10/h4-5,7,9,11,16H,6,8H2,1-3H3. The molecule has 18 heavy (non-hydrogen) atoms. The highest BCUT2D eigenvalue weighted by atomic mass is 16.5. The van der Waals surface area contributed by atoms with Gasteiger partial charge in [0.1, 0.15) is 0 Å². The van der Waals surface area contributed by atoms with Crippen molar-refractivity contribution < 1.29 is 14.6 Å². The fourth-order valence-electron chi connectivity index (χ4n) is 2.13. The van der Waals surface area contributed by atoms with Gasteiger partial charge in [0.25, 0.3) is 5.91 Å². The third-order valence-electron chi connectivity index (χ3n) is 3.56. The van der Waals surface area contributed by atoms with Crippen LogP contribution in [0.2, 0.25) is 0 Å². The summed E-state index contributed by atoms with van der Waals surface area (Å²) >= 11 is 0. The van der Waals surface area contributed by atoms with Gasteiger partial charge in [0, 0.05) is 19.2 Å². The second kappa shape index (κ2) is 4.88. The number of phenolic OH excluding ortho intramolecular Hbond substituents is 1. The second-order valence-corrected chi connectivity index (χ2v) is 5.05. The molecule has 1 aromatic rings. The zero-order chi connectivity index (χ0) is 13.3. The van der Waals surface area contributed by atoms with E-state index in [0.717, 1.165) is 12.5 Å². The number of hydrogen-bond donors (Lipinski definition) is 1. The number of benzene rings is 1. The SMILES string of the molecule is COc1ccc(C(=O)N(C)CC2CC2C)cc1O. The van der Waals surface area contributed by atoms with Crippen LogP contribution in [0.4, 0.5) is 0 Å². The molecule has 98 valence electrons. The van der Waals surface area contributed by atoms with Crippen molar-refractivity contribution in [1.29, 1.82) is 0 Å². The van der Waals surface area contributed by atoms with Crippen molar-refractivity contribution in [3.05, 3.63) is 23.8 Å². The van der Waals surface area contributed by atoms with E-state index in [-0.39, 0.29) is 11.7 Å². The van der Waals surface area contributed by atoms with E-state index in [1.54, 1.807) is 24.1 Å². The van der Waals surface area contributed by atoms with E-state index in [0.29, 0.717) is 17.2 Å². The summed E-state index contributed by atoms with van der Waals surface area (Å²) in [7, 11) is 3.28. The predicted molar refractivity (Wildman–Crippen MR) is 68.9 cm³/mol. The molecule has 4 heteroatoms. The topological polar surface area (TPSA) is 49.8 Å². The number of rotatable bonds is 4. The Balaban J connectivity index is 2.05.